The Bertz CT molecular complexity index is 1510. The van der Waals surface area contributed by atoms with Crippen LogP contribution in [0.5, 0.6) is 0 Å². The zero-order valence-electron chi connectivity index (χ0n) is 21.7. The first-order valence-electron chi connectivity index (χ1n) is 12.2. The second kappa shape index (κ2) is 11.1. The summed E-state index contributed by atoms with van der Waals surface area (Å²) >= 11 is 0. The lowest BCUT2D eigenvalue weighted by Crippen LogP contribution is -2.66. The van der Waals surface area contributed by atoms with Gasteiger partial charge in [-0.15, -0.1) is 3.71 Å². The van der Waals surface area contributed by atoms with Crippen LogP contribution in [0.1, 0.15) is 25.0 Å². The minimum absolute atomic E-state index is 0.378. The van der Waals surface area contributed by atoms with Crippen LogP contribution in [0.25, 0.3) is 23.1 Å². The van der Waals surface area contributed by atoms with Gasteiger partial charge in [0.1, 0.15) is 6.54 Å². The molecule has 0 bridgehead atoms. The van der Waals surface area contributed by atoms with Crippen molar-refractivity contribution in [2.45, 2.75) is 36.8 Å². The third-order valence-corrected chi connectivity index (χ3v) is 9.66. The third kappa shape index (κ3) is 4.88. The van der Waals surface area contributed by atoms with Crippen molar-refractivity contribution in [1.29, 1.82) is 0 Å². The first-order chi connectivity index (χ1) is 18.8. The lowest BCUT2D eigenvalue weighted by Gasteiger charge is -2.38. The van der Waals surface area contributed by atoms with Crippen molar-refractivity contribution in [3.63, 3.8) is 0 Å². The van der Waals surface area contributed by atoms with Gasteiger partial charge in [0.25, 0.3) is 0 Å². The Kier molecular flexibility index (Phi) is 8.30. The minimum Gasteiger partial charge on any atom is -0.341 e. The van der Waals surface area contributed by atoms with Gasteiger partial charge in [-0.25, -0.2) is 8.42 Å². The highest BCUT2D eigenvalue weighted by Gasteiger charge is 2.82. The van der Waals surface area contributed by atoms with Gasteiger partial charge < -0.3 is 4.90 Å². The molecular formula is C27H26F6N3O2S2+. The van der Waals surface area contributed by atoms with Crippen LogP contribution in [0, 0.1) is 0 Å². The summed E-state index contributed by atoms with van der Waals surface area (Å²) in [5, 5.41) is -9.62. The number of nitrogens with zero attached hydrogens (tertiary/aromatic N) is 3. The van der Waals surface area contributed by atoms with Crippen LogP contribution in [0.4, 0.5) is 32.0 Å². The number of aryl methyl sites for hydroxylation is 1. The number of benzene rings is 2. The van der Waals surface area contributed by atoms with Crippen molar-refractivity contribution in [1.82, 2.24) is 3.71 Å². The van der Waals surface area contributed by atoms with E-state index in [1.54, 1.807) is 0 Å². The number of pyridine rings is 1. The molecule has 40 heavy (non-hydrogen) atoms. The van der Waals surface area contributed by atoms with Gasteiger partial charge in [-0.2, -0.15) is 30.9 Å². The lowest BCUT2D eigenvalue weighted by atomic mass is 10.0. The Hall–Kier alpha value is -3.03. The molecule has 3 heterocycles. The molecule has 2 aliphatic heterocycles. The first-order valence-corrected chi connectivity index (χ1v) is 14.4. The zero-order chi connectivity index (χ0) is 29.5. The van der Waals surface area contributed by atoms with Crippen LogP contribution in [0.2, 0.25) is 0 Å². The fraction of sp³-hybridized carbons (Fsp3) is 0.296. The smallest absolute Gasteiger partial charge is 0.341 e. The second-order valence-electron chi connectivity index (χ2n) is 8.83. The largest absolute Gasteiger partial charge is 0.404 e. The van der Waals surface area contributed by atoms with Crippen LogP contribution in [0.15, 0.2) is 72.6 Å². The van der Waals surface area contributed by atoms with Crippen LogP contribution >= 0.6 is 0 Å². The molecule has 2 aliphatic rings. The molecule has 0 aliphatic carbocycles. The summed E-state index contributed by atoms with van der Waals surface area (Å²) in [6.07, 6.45) is 8.93. The predicted octanol–water partition coefficient (Wildman–Crippen LogP) is 6.12. The molecule has 5 rings (SSSR count). The third-order valence-electron chi connectivity index (χ3n) is 6.53. The van der Waals surface area contributed by atoms with Crippen molar-refractivity contribution in [2.24, 2.45) is 0 Å². The molecule has 1 aromatic heterocycles. The Balaban J connectivity index is 0.000000212. The Morgan fingerprint density at radius 1 is 0.850 bits per heavy atom. The zero-order valence-corrected chi connectivity index (χ0v) is 23.3. The van der Waals surface area contributed by atoms with Crippen molar-refractivity contribution >= 4 is 50.7 Å². The van der Waals surface area contributed by atoms with Crippen LogP contribution in [-0.2, 0) is 28.5 Å². The fourth-order valence-electron chi connectivity index (χ4n) is 4.40. The molecule has 5 nitrogen and oxygen atoms in total. The van der Waals surface area contributed by atoms with E-state index in [2.05, 4.69) is 102 Å². The van der Waals surface area contributed by atoms with Gasteiger partial charge in [-0.3, -0.25) is 0 Å². The monoisotopic (exact) mass is 602 g/mol. The average molecular weight is 603 g/mol. The number of halogens is 6. The number of anilines is 1. The standard InChI is InChI=1S/C23H23N2.C4H3F6NO2S2/c1-3-24-16-15-19(21-10-6-8-12-23(21)24)17-20-14-13-18-9-5-7-11-22(18)25(20)4-2;1-11-14(12)3(7,8)2(5,6)4(9,10)15(11)13/h5-17H,3-4H2,1-2H3;1H3/q+1;. The number of hydrogen-bond donors (Lipinski definition) is 0. The summed E-state index contributed by atoms with van der Waals surface area (Å²) in [7, 11) is -7.16. The molecule has 0 spiro atoms. The number of para-hydroxylation sites is 2. The van der Waals surface area contributed by atoms with E-state index in [1.165, 1.54) is 33.4 Å². The first kappa shape index (κ1) is 29.9. The maximum atomic E-state index is 12.6. The van der Waals surface area contributed by atoms with Crippen molar-refractivity contribution < 1.29 is 39.3 Å². The van der Waals surface area contributed by atoms with E-state index in [-0.39, 0.29) is 0 Å². The van der Waals surface area contributed by atoms with Crippen LogP contribution in [-0.4, -0.2) is 42.2 Å². The van der Waals surface area contributed by atoms with Gasteiger partial charge in [-0.1, -0.05) is 36.4 Å². The average Bonchev–Trinajstić information content (AvgIpc) is 2.95. The molecular weight excluding hydrogens is 576 g/mol. The number of aromatic nitrogens is 1. The summed E-state index contributed by atoms with van der Waals surface area (Å²) in [6, 6.07) is 19.4. The highest BCUT2D eigenvalue weighted by atomic mass is 32.3. The van der Waals surface area contributed by atoms with Gasteiger partial charge in [0.05, 0.1) is 5.39 Å². The molecule has 0 amide bonds. The molecule has 3 aromatic rings. The maximum absolute atomic E-state index is 12.6. The van der Waals surface area contributed by atoms with E-state index < -0.39 is 42.1 Å². The maximum Gasteiger partial charge on any atom is 0.404 e. The van der Waals surface area contributed by atoms with Crippen molar-refractivity contribution in [2.75, 3.05) is 18.5 Å². The summed E-state index contributed by atoms with van der Waals surface area (Å²) in [5.41, 5.74) is 6.34. The molecule has 0 saturated carbocycles. The van der Waals surface area contributed by atoms with Crippen molar-refractivity contribution in [3.05, 3.63) is 83.7 Å². The summed E-state index contributed by atoms with van der Waals surface area (Å²) in [5.74, 6) is -5.91. The number of likely N-dealkylation sites (N-methyl/N-ethyl adjacent to an activating group) is 1. The Labute approximate surface area is 232 Å². The van der Waals surface area contributed by atoms with Gasteiger partial charge in [0.15, 0.2) is 28.2 Å². The van der Waals surface area contributed by atoms with E-state index >= 15 is 0 Å². The number of alkyl halides is 6. The minimum atomic E-state index is -5.91. The summed E-state index contributed by atoms with van der Waals surface area (Å²) < 4.78 is 98.5. The molecule has 2 unspecified atom stereocenters. The highest BCUT2D eigenvalue weighted by molar-refractivity contribution is 7.99. The molecule has 1 saturated heterocycles. The molecule has 1 fully saturated rings. The molecule has 0 N–H and O–H groups in total. The molecule has 2 aromatic carbocycles. The van der Waals surface area contributed by atoms with Gasteiger partial charge in [0, 0.05) is 37.1 Å². The molecule has 214 valence electrons. The van der Waals surface area contributed by atoms with Gasteiger partial charge >= 0.3 is 16.4 Å². The van der Waals surface area contributed by atoms with E-state index in [0.717, 1.165) is 13.1 Å². The quantitative estimate of drug-likeness (QED) is 0.268. The Morgan fingerprint density at radius 3 is 2.08 bits per heavy atom. The second-order valence-corrected chi connectivity index (χ2v) is 12.2. The SMILES string of the molecule is CCN1/C(=C/c2cc[n+](CC)c3ccccc23)C=Cc2ccccc21.CN1S(=O)C(F)(F)C(F)(F)C(F)(F)S1=O. The fourth-order valence-corrected chi connectivity index (χ4v) is 6.86. The van der Waals surface area contributed by atoms with Gasteiger partial charge in [-0.05, 0) is 49.3 Å². The van der Waals surface area contributed by atoms with E-state index in [0.29, 0.717) is 7.05 Å². The number of fused-ring (bicyclic) bond motifs is 2. The van der Waals surface area contributed by atoms with Crippen LogP contribution in [0.3, 0.4) is 0 Å². The van der Waals surface area contributed by atoms with E-state index in [1.807, 2.05) is 0 Å². The number of hydrogen-bond acceptors (Lipinski definition) is 3. The summed E-state index contributed by atoms with van der Waals surface area (Å²) in [6.45, 7) is 6.32. The van der Waals surface area contributed by atoms with Crippen LogP contribution < -0.4 is 9.47 Å². The van der Waals surface area contributed by atoms with E-state index in [9.17, 15) is 34.8 Å². The topological polar surface area (TPSA) is 44.5 Å². The van der Waals surface area contributed by atoms with Gasteiger partial charge in [0.2, 0.25) is 5.52 Å². The lowest BCUT2D eigenvalue weighted by molar-refractivity contribution is -0.667. The van der Waals surface area contributed by atoms with E-state index in [4.69, 9.17) is 0 Å². The number of rotatable bonds is 3. The summed E-state index contributed by atoms with van der Waals surface area (Å²) in [4.78, 5) is 2.38. The molecule has 2 atom stereocenters. The Morgan fingerprint density at radius 2 is 1.45 bits per heavy atom. The van der Waals surface area contributed by atoms with Crippen molar-refractivity contribution in [3.8, 4) is 0 Å². The molecule has 13 heteroatoms. The highest BCUT2D eigenvalue weighted by Crippen LogP contribution is 2.53. The predicted molar refractivity (Wildman–Crippen MR) is 145 cm³/mol. The number of allylic oxidation sites excluding steroid dienone is 1. The molecule has 0 radical (unpaired) electrons. The normalized spacial score (nSPS) is 23.9.